The molecule has 1 amide bonds. The van der Waals surface area contributed by atoms with Crippen molar-refractivity contribution in [1.29, 1.82) is 0 Å². The second-order valence-corrected chi connectivity index (χ2v) is 5.76. The first-order chi connectivity index (χ1) is 11.2. The lowest BCUT2D eigenvalue weighted by molar-refractivity contribution is -0.113. The Morgan fingerprint density at radius 2 is 1.96 bits per heavy atom. The number of anilines is 1. The van der Waals surface area contributed by atoms with Crippen molar-refractivity contribution in [3.63, 3.8) is 0 Å². The zero-order valence-electron chi connectivity index (χ0n) is 11.8. The summed E-state index contributed by atoms with van der Waals surface area (Å²) in [6.45, 7) is 0. The molecule has 6 nitrogen and oxygen atoms in total. The van der Waals surface area contributed by atoms with E-state index in [-0.39, 0.29) is 11.7 Å². The number of thioether (sulfide) groups is 1. The standard InChI is InChI=1S/C15H11ClN4O2S/c16-12-4-2-1-3-11(12)14-19-20-15(22-14)23-9-13(21)18-10-5-7-17-8-6-10/h1-8H,9H2,(H,17,18,21). The van der Waals surface area contributed by atoms with Crippen molar-refractivity contribution < 1.29 is 9.21 Å². The zero-order valence-corrected chi connectivity index (χ0v) is 13.3. The molecule has 8 heteroatoms. The molecule has 3 aromatic rings. The molecule has 0 saturated carbocycles. The average molecular weight is 347 g/mol. The third-order valence-electron chi connectivity index (χ3n) is 2.80. The molecule has 1 N–H and O–H groups in total. The van der Waals surface area contributed by atoms with Gasteiger partial charge in [0.25, 0.3) is 5.22 Å². The quantitative estimate of drug-likeness (QED) is 0.712. The van der Waals surface area contributed by atoms with Gasteiger partial charge in [0.1, 0.15) is 0 Å². The number of nitrogens with one attached hydrogen (secondary N) is 1. The van der Waals surface area contributed by atoms with Crippen LogP contribution in [0.4, 0.5) is 5.69 Å². The number of hydrogen-bond donors (Lipinski definition) is 1. The fraction of sp³-hybridized carbons (Fsp3) is 0.0667. The molecule has 0 unspecified atom stereocenters. The van der Waals surface area contributed by atoms with Crippen molar-refractivity contribution in [2.75, 3.05) is 11.1 Å². The number of benzene rings is 1. The van der Waals surface area contributed by atoms with Gasteiger partial charge in [-0.1, -0.05) is 35.5 Å². The van der Waals surface area contributed by atoms with Gasteiger partial charge in [-0.2, -0.15) is 0 Å². The van der Waals surface area contributed by atoms with E-state index in [9.17, 15) is 4.79 Å². The number of hydrogen-bond acceptors (Lipinski definition) is 6. The molecule has 116 valence electrons. The first-order valence-electron chi connectivity index (χ1n) is 6.63. The summed E-state index contributed by atoms with van der Waals surface area (Å²) in [7, 11) is 0. The van der Waals surface area contributed by atoms with E-state index in [1.165, 1.54) is 0 Å². The number of amides is 1. The Morgan fingerprint density at radius 1 is 1.17 bits per heavy atom. The zero-order chi connectivity index (χ0) is 16.1. The smallest absolute Gasteiger partial charge is 0.277 e. The molecule has 0 fully saturated rings. The molecule has 0 aliphatic heterocycles. The molecule has 0 spiro atoms. The molecule has 0 atom stereocenters. The molecule has 0 saturated heterocycles. The first-order valence-corrected chi connectivity index (χ1v) is 8.00. The van der Waals surface area contributed by atoms with Crippen molar-refractivity contribution in [3.8, 4) is 11.5 Å². The van der Waals surface area contributed by atoms with Crippen LogP contribution in [-0.4, -0.2) is 26.8 Å². The number of nitrogens with zero attached hydrogens (tertiary/aromatic N) is 3. The van der Waals surface area contributed by atoms with Crippen LogP contribution < -0.4 is 5.32 Å². The van der Waals surface area contributed by atoms with Crippen molar-refractivity contribution in [2.24, 2.45) is 0 Å². The largest absolute Gasteiger partial charge is 0.411 e. The predicted molar refractivity (Wildman–Crippen MR) is 88.3 cm³/mol. The summed E-state index contributed by atoms with van der Waals surface area (Å²) < 4.78 is 5.52. The number of carbonyl (C=O) groups excluding carboxylic acids is 1. The van der Waals surface area contributed by atoms with Crippen LogP contribution in [0.3, 0.4) is 0 Å². The van der Waals surface area contributed by atoms with Crippen molar-refractivity contribution in [1.82, 2.24) is 15.2 Å². The van der Waals surface area contributed by atoms with Crippen molar-refractivity contribution in [3.05, 3.63) is 53.8 Å². The lowest BCUT2D eigenvalue weighted by atomic mass is 10.2. The third kappa shape index (κ3) is 4.08. The predicted octanol–water partition coefficient (Wildman–Crippen LogP) is 3.52. The van der Waals surface area contributed by atoms with Crippen LogP contribution in [0.1, 0.15) is 0 Å². The van der Waals surface area contributed by atoms with Crippen LogP contribution in [0, 0.1) is 0 Å². The van der Waals surface area contributed by atoms with Gasteiger partial charge in [0, 0.05) is 18.1 Å². The molecule has 2 heterocycles. The minimum absolute atomic E-state index is 0.159. The van der Waals surface area contributed by atoms with Crippen molar-refractivity contribution >= 4 is 35.0 Å². The fourth-order valence-electron chi connectivity index (χ4n) is 1.77. The van der Waals surface area contributed by atoms with Crippen LogP contribution in [0.25, 0.3) is 11.5 Å². The summed E-state index contributed by atoms with van der Waals surface area (Å²) in [5, 5.41) is 11.4. The molecule has 0 aliphatic rings. The van der Waals surface area contributed by atoms with Gasteiger partial charge in [-0.3, -0.25) is 9.78 Å². The van der Waals surface area contributed by atoms with Crippen molar-refractivity contribution in [2.45, 2.75) is 5.22 Å². The van der Waals surface area contributed by atoms with Gasteiger partial charge < -0.3 is 9.73 Å². The number of halogens is 1. The Balaban J connectivity index is 1.59. The first kappa shape index (κ1) is 15.5. The van der Waals surface area contributed by atoms with Gasteiger partial charge in [-0.25, -0.2) is 0 Å². The maximum atomic E-state index is 11.9. The third-order valence-corrected chi connectivity index (χ3v) is 3.95. The van der Waals surface area contributed by atoms with Crippen LogP contribution in [0.2, 0.25) is 5.02 Å². The summed E-state index contributed by atoms with van der Waals surface area (Å²) in [4.78, 5) is 15.7. The second-order valence-electron chi connectivity index (χ2n) is 4.43. The minimum Gasteiger partial charge on any atom is -0.411 e. The van der Waals surface area contributed by atoms with E-state index < -0.39 is 0 Å². The van der Waals surface area contributed by atoms with E-state index in [0.29, 0.717) is 27.4 Å². The number of rotatable bonds is 5. The number of aromatic nitrogens is 3. The summed E-state index contributed by atoms with van der Waals surface area (Å²) in [6, 6.07) is 10.6. The van der Waals surface area contributed by atoms with E-state index in [4.69, 9.17) is 16.0 Å². The maximum Gasteiger partial charge on any atom is 0.277 e. The van der Waals surface area contributed by atoms with Gasteiger partial charge in [0.15, 0.2) is 0 Å². The van der Waals surface area contributed by atoms with Crippen LogP contribution >= 0.6 is 23.4 Å². The van der Waals surface area contributed by atoms with E-state index in [0.717, 1.165) is 11.8 Å². The molecule has 0 radical (unpaired) electrons. The molecule has 1 aromatic carbocycles. The van der Waals surface area contributed by atoms with Gasteiger partial charge in [-0.05, 0) is 24.3 Å². The van der Waals surface area contributed by atoms with Gasteiger partial charge in [0.05, 0.1) is 16.3 Å². The Bertz CT molecular complexity index is 810. The van der Waals surface area contributed by atoms with E-state index in [1.54, 1.807) is 36.7 Å². The molecule has 23 heavy (non-hydrogen) atoms. The Kier molecular flexibility index (Phi) is 4.89. The Morgan fingerprint density at radius 3 is 2.74 bits per heavy atom. The second kappa shape index (κ2) is 7.26. The fourth-order valence-corrected chi connectivity index (χ4v) is 2.55. The SMILES string of the molecule is O=C(CSc1nnc(-c2ccccc2Cl)o1)Nc1ccncc1. The molecule has 2 aromatic heterocycles. The Labute approximate surface area is 141 Å². The molecular formula is C15H11ClN4O2S. The van der Waals surface area contributed by atoms with Crippen LogP contribution in [-0.2, 0) is 4.79 Å². The Hall–Kier alpha value is -2.38. The topological polar surface area (TPSA) is 80.9 Å². The van der Waals surface area contributed by atoms with Crippen LogP contribution in [0.15, 0.2) is 58.4 Å². The summed E-state index contributed by atoms with van der Waals surface area (Å²) in [6.07, 6.45) is 3.22. The highest BCUT2D eigenvalue weighted by Gasteiger charge is 2.13. The van der Waals surface area contributed by atoms with Gasteiger partial charge in [0.2, 0.25) is 11.8 Å². The summed E-state index contributed by atoms with van der Waals surface area (Å²) in [5.74, 6) is 0.318. The number of carbonyl (C=O) groups is 1. The van der Waals surface area contributed by atoms with E-state index in [1.807, 2.05) is 12.1 Å². The average Bonchev–Trinajstić information content (AvgIpc) is 3.03. The summed E-state index contributed by atoms with van der Waals surface area (Å²) in [5.41, 5.74) is 1.35. The lowest BCUT2D eigenvalue weighted by Crippen LogP contribution is -2.13. The van der Waals surface area contributed by atoms with E-state index in [2.05, 4.69) is 20.5 Å². The maximum absolute atomic E-state index is 11.9. The lowest BCUT2D eigenvalue weighted by Gasteiger charge is -2.02. The highest BCUT2D eigenvalue weighted by atomic mass is 35.5. The number of pyridine rings is 1. The molecule has 0 bridgehead atoms. The highest BCUT2D eigenvalue weighted by molar-refractivity contribution is 7.99. The highest BCUT2D eigenvalue weighted by Crippen LogP contribution is 2.28. The summed E-state index contributed by atoms with van der Waals surface area (Å²) >= 11 is 7.24. The van der Waals surface area contributed by atoms with E-state index >= 15 is 0 Å². The van der Waals surface area contributed by atoms with Crippen LogP contribution in [0.5, 0.6) is 0 Å². The molecular weight excluding hydrogens is 336 g/mol. The molecule has 3 rings (SSSR count). The van der Waals surface area contributed by atoms with Gasteiger partial charge >= 0.3 is 0 Å². The minimum atomic E-state index is -0.168. The monoisotopic (exact) mass is 346 g/mol. The molecule has 0 aliphatic carbocycles. The normalized spacial score (nSPS) is 10.5. The van der Waals surface area contributed by atoms with Gasteiger partial charge in [-0.15, -0.1) is 10.2 Å².